The first-order valence-electron chi connectivity index (χ1n) is 14.5. The highest BCUT2D eigenvalue weighted by atomic mass is 32.2. The topological polar surface area (TPSA) is 102 Å². The summed E-state index contributed by atoms with van der Waals surface area (Å²) in [6.45, 7) is 6.19. The van der Waals surface area contributed by atoms with Crippen LogP contribution in [0.15, 0.2) is 77.2 Å². The molecule has 9 nitrogen and oxygen atoms in total. The normalized spacial score (nSPS) is 13.2. The van der Waals surface area contributed by atoms with Crippen LogP contribution in [0.3, 0.4) is 0 Å². The third kappa shape index (κ3) is 7.26. The van der Waals surface area contributed by atoms with Gasteiger partial charge in [-0.15, -0.1) is 0 Å². The molecule has 226 valence electrons. The maximum Gasteiger partial charge on any atom is 0.321 e. The monoisotopic (exact) mass is 603 g/mol. The number of aryl methyl sites for hydroxylation is 3. The van der Waals surface area contributed by atoms with Gasteiger partial charge in [-0.3, -0.25) is 9.10 Å². The molecule has 5 rings (SSSR count). The zero-order chi connectivity index (χ0) is 30.4. The molecule has 0 saturated heterocycles. The fourth-order valence-corrected chi connectivity index (χ4v) is 6.73. The second-order valence-corrected chi connectivity index (χ2v) is 12.4. The minimum Gasteiger partial charge on any atom is -0.493 e. The zero-order valence-corrected chi connectivity index (χ0v) is 25.6. The Bertz CT molecular complexity index is 1650. The van der Waals surface area contributed by atoms with Gasteiger partial charge >= 0.3 is 16.2 Å². The largest absolute Gasteiger partial charge is 0.493 e. The molecule has 0 N–H and O–H groups in total. The molecule has 0 amide bonds. The zero-order valence-electron chi connectivity index (χ0n) is 24.8. The van der Waals surface area contributed by atoms with E-state index in [1.165, 1.54) is 14.2 Å². The number of oxazole rings is 1. The van der Waals surface area contributed by atoms with Crippen molar-refractivity contribution in [2.45, 2.75) is 46.6 Å². The lowest BCUT2D eigenvalue weighted by Gasteiger charge is -2.34. The van der Waals surface area contributed by atoms with E-state index in [2.05, 4.69) is 4.98 Å². The Kier molecular flexibility index (Phi) is 9.47. The molecule has 0 unspecified atom stereocenters. The van der Waals surface area contributed by atoms with Crippen molar-refractivity contribution in [1.82, 2.24) is 9.29 Å². The number of esters is 1. The number of hydrogen-bond acceptors (Lipinski definition) is 7. The van der Waals surface area contributed by atoms with Gasteiger partial charge in [-0.05, 0) is 75.1 Å². The number of fused-ring (bicyclic) bond motifs is 1. The van der Waals surface area contributed by atoms with E-state index in [1.807, 2.05) is 74.5 Å². The number of anilines is 1. The second-order valence-electron chi connectivity index (χ2n) is 10.5. The van der Waals surface area contributed by atoms with Crippen molar-refractivity contribution < 1.29 is 27.1 Å². The number of hydrogen-bond donors (Lipinski definition) is 0. The molecule has 0 fully saturated rings. The van der Waals surface area contributed by atoms with Crippen LogP contribution in [0, 0.1) is 13.8 Å². The van der Waals surface area contributed by atoms with Gasteiger partial charge in [-0.25, -0.2) is 4.98 Å². The van der Waals surface area contributed by atoms with Crippen molar-refractivity contribution in [2.75, 3.05) is 30.6 Å². The lowest BCUT2D eigenvalue weighted by Crippen LogP contribution is -2.47. The predicted octanol–water partition coefficient (Wildman–Crippen LogP) is 5.64. The average Bonchev–Trinajstić information content (AvgIpc) is 3.37. The highest BCUT2D eigenvalue weighted by Crippen LogP contribution is 2.31. The van der Waals surface area contributed by atoms with Crippen LogP contribution < -0.4 is 9.04 Å². The molecule has 1 aromatic heterocycles. The van der Waals surface area contributed by atoms with Crippen molar-refractivity contribution in [1.29, 1.82) is 0 Å². The maximum atomic E-state index is 13.9. The Morgan fingerprint density at radius 2 is 1.77 bits per heavy atom. The molecular formula is C33H37N3O6S. The summed E-state index contributed by atoms with van der Waals surface area (Å²) in [6, 6.07) is 22.7. The van der Waals surface area contributed by atoms with Gasteiger partial charge in [0, 0.05) is 25.1 Å². The molecule has 43 heavy (non-hydrogen) atoms. The van der Waals surface area contributed by atoms with E-state index in [4.69, 9.17) is 13.9 Å². The number of nitrogens with zero attached hydrogens (tertiary/aromatic N) is 3. The summed E-state index contributed by atoms with van der Waals surface area (Å²) < 4.78 is 47.3. The van der Waals surface area contributed by atoms with Crippen molar-refractivity contribution in [3.63, 3.8) is 0 Å². The fourth-order valence-electron chi connectivity index (χ4n) is 5.09. The first-order valence-corrected chi connectivity index (χ1v) is 15.9. The SMILES string of the molecule is CCOC(=O)CN(Cc1ccc(OCCc2nc(-c3ccc(C)cc3)oc2C)cc1)S(=O)(=O)N1CCCc2ccccc21. The van der Waals surface area contributed by atoms with E-state index in [1.54, 1.807) is 19.1 Å². The molecule has 2 heterocycles. The third-order valence-corrected chi connectivity index (χ3v) is 9.21. The van der Waals surface area contributed by atoms with E-state index in [9.17, 15) is 13.2 Å². The first kappa shape index (κ1) is 30.3. The van der Waals surface area contributed by atoms with E-state index in [-0.39, 0.29) is 19.7 Å². The number of aromatic nitrogens is 1. The van der Waals surface area contributed by atoms with Crippen molar-refractivity contribution in [3.05, 3.63) is 101 Å². The van der Waals surface area contributed by atoms with Crippen molar-refractivity contribution in [3.8, 4) is 17.2 Å². The number of rotatable bonds is 12. The summed E-state index contributed by atoms with van der Waals surface area (Å²) in [5.74, 6) is 1.40. The van der Waals surface area contributed by atoms with Gasteiger partial charge in [-0.1, -0.05) is 48.0 Å². The molecule has 0 atom stereocenters. The van der Waals surface area contributed by atoms with Gasteiger partial charge in [0.15, 0.2) is 0 Å². The molecule has 4 aromatic rings. The summed E-state index contributed by atoms with van der Waals surface area (Å²) in [4.78, 5) is 17.1. The second kappa shape index (κ2) is 13.4. The summed E-state index contributed by atoms with van der Waals surface area (Å²) in [5.41, 5.74) is 5.29. The molecule has 3 aromatic carbocycles. The molecule has 0 radical (unpaired) electrons. The molecule has 0 aliphatic carbocycles. The lowest BCUT2D eigenvalue weighted by atomic mass is 10.0. The van der Waals surface area contributed by atoms with Crippen LogP contribution in [-0.4, -0.2) is 50.0 Å². The number of para-hydroxylation sites is 1. The minimum atomic E-state index is -4.01. The number of ether oxygens (including phenoxy) is 2. The van der Waals surface area contributed by atoms with Crippen LogP contribution in [0.4, 0.5) is 5.69 Å². The summed E-state index contributed by atoms with van der Waals surface area (Å²) in [5, 5.41) is 0. The molecule has 0 bridgehead atoms. The number of benzene rings is 3. The van der Waals surface area contributed by atoms with Crippen LogP contribution in [0.1, 0.15) is 41.5 Å². The smallest absolute Gasteiger partial charge is 0.321 e. The molecule has 1 aliphatic rings. The predicted molar refractivity (Wildman–Crippen MR) is 165 cm³/mol. The quantitative estimate of drug-likeness (QED) is 0.193. The maximum absolute atomic E-state index is 13.9. The van der Waals surface area contributed by atoms with Gasteiger partial charge in [0.25, 0.3) is 0 Å². The third-order valence-electron chi connectivity index (χ3n) is 7.36. The van der Waals surface area contributed by atoms with Crippen LogP contribution in [-0.2, 0) is 39.1 Å². The Morgan fingerprint density at radius 3 is 2.51 bits per heavy atom. The van der Waals surface area contributed by atoms with E-state index in [0.717, 1.165) is 34.6 Å². The van der Waals surface area contributed by atoms with Crippen molar-refractivity contribution in [2.24, 2.45) is 0 Å². The van der Waals surface area contributed by atoms with E-state index < -0.39 is 16.2 Å². The summed E-state index contributed by atoms with van der Waals surface area (Å²) >= 11 is 0. The lowest BCUT2D eigenvalue weighted by molar-refractivity contribution is -0.143. The van der Waals surface area contributed by atoms with Crippen LogP contribution in [0.5, 0.6) is 5.75 Å². The first-order chi connectivity index (χ1) is 20.7. The Hall–Kier alpha value is -4.15. The molecule has 1 aliphatic heterocycles. The fraction of sp³-hybridized carbons (Fsp3) is 0.333. The van der Waals surface area contributed by atoms with Crippen LogP contribution >= 0.6 is 0 Å². The highest BCUT2D eigenvalue weighted by molar-refractivity contribution is 7.90. The van der Waals surface area contributed by atoms with Gasteiger partial charge in [-0.2, -0.15) is 12.7 Å². The van der Waals surface area contributed by atoms with Gasteiger partial charge in [0.2, 0.25) is 5.89 Å². The number of carbonyl (C=O) groups excluding carboxylic acids is 1. The summed E-state index contributed by atoms with van der Waals surface area (Å²) in [7, 11) is -4.01. The van der Waals surface area contributed by atoms with Crippen molar-refractivity contribution >= 4 is 21.9 Å². The van der Waals surface area contributed by atoms with Crippen LogP contribution in [0.25, 0.3) is 11.5 Å². The molecule has 0 saturated carbocycles. The Morgan fingerprint density at radius 1 is 1.02 bits per heavy atom. The van der Waals surface area contributed by atoms with Crippen LogP contribution in [0.2, 0.25) is 0 Å². The van der Waals surface area contributed by atoms with Gasteiger partial charge in [0.05, 0.1) is 24.6 Å². The summed E-state index contributed by atoms with van der Waals surface area (Å²) in [6.07, 6.45) is 2.09. The van der Waals surface area contributed by atoms with E-state index >= 15 is 0 Å². The average molecular weight is 604 g/mol. The standard InChI is InChI=1S/C33H37N3O6S/c1-4-40-32(37)23-35(43(38,39)36-20-7-9-27-8-5-6-10-31(27)36)22-26-13-17-29(18-14-26)41-21-19-30-25(3)42-33(34-30)28-15-11-24(2)12-16-28/h5-6,8,10-18H,4,7,9,19-23H2,1-3H3. The highest BCUT2D eigenvalue weighted by Gasteiger charge is 2.34. The Labute approximate surface area is 253 Å². The van der Waals surface area contributed by atoms with E-state index in [0.29, 0.717) is 43.3 Å². The van der Waals surface area contributed by atoms with Gasteiger partial charge in [0.1, 0.15) is 18.1 Å². The molecule has 0 spiro atoms. The number of carbonyl (C=O) groups is 1. The Balaban J connectivity index is 1.24. The van der Waals surface area contributed by atoms with Gasteiger partial charge < -0.3 is 13.9 Å². The molecule has 10 heteroatoms. The minimum absolute atomic E-state index is 0.0139. The molecular weight excluding hydrogens is 566 g/mol.